The van der Waals surface area contributed by atoms with Crippen LogP contribution in [0.5, 0.6) is 5.75 Å². The third kappa shape index (κ3) is 3.62. The zero-order valence-electron chi connectivity index (χ0n) is 14.4. The van der Waals surface area contributed by atoms with Crippen LogP contribution in [0.4, 0.5) is 5.69 Å². The van der Waals surface area contributed by atoms with Crippen molar-refractivity contribution in [2.75, 3.05) is 44.7 Å². The molecule has 1 aliphatic heterocycles. The Labute approximate surface area is 148 Å². The molecular formula is C17H25N5OS. The van der Waals surface area contributed by atoms with Gasteiger partial charge < -0.3 is 14.2 Å². The number of aromatic amines is 1. The van der Waals surface area contributed by atoms with Crippen molar-refractivity contribution < 1.29 is 4.74 Å². The minimum atomic E-state index is 0.716. The van der Waals surface area contributed by atoms with Crippen LogP contribution in [0, 0.1) is 4.77 Å². The van der Waals surface area contributed by atoms with E-state index in [1.54, 1.807) is 7.11 Å². The molecule has 1 aliphatic rings. The second kappa shape index (κ2) is 7.81. The largest absolute Gasteiger partial charge is 0.495 e. The predicted octanol–water partition coefficient (Wildman–Crippen LogP) is 2.33. The van der Waals surface area contributed by atoms with E-state index in [0.717, 1.165) is 57.3 Å². The van der Waals surface area contributed by atoms with Gasteiger partial charge in [-0.25, -0.2) is 0 Å². The van der Waals surface area contributed by atoms with Crippen LogP contribution >= 0.6 is 12.2 Å². The first-order valence-corrected chi connectivity index (χ1v) is 8.88. The van der Waals surface area contributed by atoms with Crippen LogP contribution in [-0.4, -0.2) is 59.5 Å². The summed E-state index contributed by atoms with van der Waals surface area (Å²) in [4.78, 5) is 4.89. The van der Waals surface area contributed by atoms with Gasteiger partial charge in [0, 0.05) is 45.7 Å². The number of nitrogens with zero attached hydrogens (tertiary/aromatic N) is 4. The highest BCUT2D eigenvalue weighted by molar-refractivity contribution is 7.71. The van der Waals surface area contributed by atoms with Crippen molar-refractivity contribution in [3.63, 3.8) is 0 Å². The highest BCUT2D eigenvalue weighted by atomic mass is 32.1. The molecule has 1 aromatic heterocycles. The monoisotopic (exact) mass is 347 g/mol. The van der Waals surface area contributed by atoms with Crippen LogP contribution in [0.1, 0.15) is 12.7 Å². The highest BCUT2D eigenvalue weighted by Crippen LogP contribution is 2.28. The number of para-hydroxylation sites is 2. The van der Waals surface area contributed by atoms with Gasteiger partial charge in [-0.1, -0.05) is 12.1 Å². The maximum Gasteiger partial charge on any atom is 0.195 e. The lowest BCUT2D eigenvalue weighted by Crippen LogP contribution is -2.47. The summed E-state index contributed by atoms with van der Waals surface area (Å²) in [7, 11) is 1.73. The molecule has 0 spiro atoms. The SMILES string of the molecule is CCn1c(CCN2CCN(c3ccccc3OC)CC2)n[nH]c1=S. The number of rotatable bonds is 6. The van der Waals surface area contributed by atoms with E-state index in [1.807, 2.05) is 12.1 Å². The first-order valence-electron chi connectivity index (χ1n) is 8.47. The molecule has 0 radical (unpaired) electrons. The van der Waals surface area contributed by atoms with Gasteiger partial charge in [0.25, 0.3) is 0 Å². The van der Waals surface area contributed by atoms with Crippen molar-refractivity contribution in [3.8, 4) is 5.75 Å². The lowest BCUT2D eigenvalue weighted by molar-refractivity contribution is 0.257. The van der Waals surface area contributed by atoms with Gasteiger partial charge in [0.1, 0.15) is 11.6 Å². The Morgan fingerprint density at radius 1 is 1.21 bits per heavy atom. The predicted molar refractivity (Wildman–Crippen MR) is 98.4 cm³/mol. The normalized spacial score (nSPS) is 15.7. The molecule has 24 heavy (non-hydrogen) atoms. The van der Waals surface area contributed by atoms with Gasteiger partial charge in [-0.15, -0.1) is 0 Å². The van der Waals surface area contributed by atoms with Gasteiger partial charge in [-0.2, -0.15) is 5.10 Å². The second-order valence-corrected chi connectivity index (χ2v) is 6.33. The molecule has 0 aliphatic carbocycles. The van der Waals surface area contributed by atoms with Gasteiger partial charge in [-0.3, -0.25) is 10.00 Å². The minimum absolute atomic E-state index is 0.716. The summed E-state index contributed by atoms with van der Waals surface area (Å²) >= 11 is 5.25. The van der Waals surface area contributed by atoms with Crippen molar-refractivity contribution in [1.82, 2.24) is 19.7 Å². The van der Waals surface area contributed by atoms with Crippen LogP contribution in [0.2, 0.25) is 0 Å². The molecule has 1 aromatic carbocycles. The zero-order valence-corrected chi connectivity index (χ0v) is 15.2. The van der Waals surface area contributed by atoms with Crippen molar-refractivity contribution in [2.45, 2.75) is 19.9 Å². The molecule has 0 atom stereocenters. The smallest absolute Gasteiger partial charge is 0.195 e. The Morgan fingerprint density at radius 2 is 1.96 bits per heavy atom. The summed E-state index contributed by atoms with van der Waals surface area (Å²) in [5.41, 5.74) is 1.19. The number of piperazine rings is 1. The Balaban J connectivity index is 1.54. The van der Waals surface area contributed by atoms with E-state index in [9.17, 15) is 0 Å². The van der Waals surface area contributed by atoms with Crippen molar-refractivity contribution >= 4 is 17.9 Å². The van der Waals surface area contributed by atoms with Gasteiger partial charge in [-0.05, 0) is 31.3 Å². The Bertz CT molecular complexity index is 718. The summed E-state index contributed by atoms with van der Waals surface area (Å²) in [6, 6.07) is 8.24. The van der Waals surface area contributed by atoms with E-state index in [2.05, 4.69) is 43.6 Å². The highest BCUT2D eigenvalue weighted by Gasteiger charge is 2.19. The van der Waals surface area contributed by atoms with Crippen molar-refractivity contribution in [2.24, 2.45) is 0 Å². The Kier molecular flexibility index (Phi) is 5.52. The average molecular weight is 347 g/mol. The molecule has 0 unspecified atom stereocenters. The minimum Gasteiger partial charge on any atom is -0.495 e. The van der Waals surface area contributed by atoms with Crippen molar-refractivity contribution in [3.05, 3.63) is 34.9 Å². The number of ether oxygens (including phenoxy) is 1. The summed E-state index contributed by atoms with van der Waals surface area (Å²) < 4.78 is 8.26. The average Bonchev–Trinajstić information content (AvgIpc) is 3.00. The van der Waals surface area contributed by atoms with Crippen LogP contribution in [0.25, 0.3) is 0 Å². The molecule has 0 amide bonds. The number of nitrogens with one attached hydrogen (secondary N) is 1. The molecule has 1 N–H and O–H groups in total. The van der Waals surface area contributed by atoms with E-state index in [1.165, 1.54) is 5.69 Å². The summed E-state index contributed by atoms with van der Waals surface area (Å²) in [5.74, 6) is 2.00. The van der Waals surface area contributed by atoms with Gasteiger partial charge in [0.15, 0.2) is 4.77 Å². The lowest BCUT2D eigenvalue weighted by atomic mass is 10.2. The number of H-pyrrole nitrogens is 1. The standard InChI is InChI=1S/C17H25N5OS/c1-3-22-16(18-19-17(22)24)8-9-20-10-12-21(13-11-20)14-6-4-5-7-15(14)23-2/h4-7H,3,8-13H2,1-2H3,(H,19,24). The molecule has 0 bridgehead atoms. The number of methoxy groups -OCH3 is 1. The van der Waals surface area contributed by atoms with Crippen LogP contribution in [0.15, 0.2) is 24.3 Å². The molecule has 2 heterocycles. The van der Waals surface area contributed by atoms with E-state index < -0.39 is 0 Å². The van der Waals surface area contributed by atoms with Crippen molar-refractivity contribution in [1.29, 1.82) is 0 Å². The second-order valence-electron chi connectivity index (χ2n) is 5.94. The molecule has 0 saturated carbocycles. The molecule has 1 saturated heterocycles. The molecule has 3 rings (SSSR count). The number of anilines is 1. The molecular weight excluding hydrogens is 322 g/mol. The van der Waals surface area contributed by atoms with Crippen LogP contribution in [0.3, 0.4) is 0 Å². The molecule has 6 nitrogen and oxygen atoms in total. The molecule has 1 fully saturated rings. The lowest BCUT2D eigenvalue weighted by Gasteiger charge is -2.36. The number of benzene rings is 1. The van der Waals surface area contributed by atoms with Gasteiger partial charge >= 0.3 is 0 Å². The topological polar surface area (TPSA) is 49.3 Å². The van der Waals surface area contributed by atoms with Gasteiger partial charge in [0.05, 0.1) is 12.8 Å². The third-order valence-corrected chi connectivity index (χ3v) is 4.92. The Morgan fingerprint density at radius 3 is 2.67 bits per heavy atom. The third-order valence-electron chi connectivity index (χ3n) is 4.60. The van der Waals surface area contributed by atoms with E-state index in [4.69, 9.17) is 17.0 Å². The summed E-state index contributed by atoms with van der Waals surface area (Å²) in [5, 5.41) is 7.24. The van der Waals surface area contributed by atoms with Gasteiger partial charge in [0.2, 0.25) is 0 Å². The maximum atomic E-state index is 5.48. The number of hydrogen-bond acceptors (Lipinski definition) is 5. The van der Waals surface area contributed by atoms with Crippen LogP contribution in [-0.2, 0) is 13.0 Å². The zero-order chi connectivity index (χ0) is 16.9. The molecule has 7 heteroatoms. The first kappa shape index (κ1) is 17.0. The van der Waals surface area contributed by atoms with Crippen LogP contribution < -0.4 is 9.64 Å². The maximum absolute atomic E-state index is 5.48. The quantitative estimate of drug-likeness (QED) is 0.813. The fourth-order valence-electron chi connectivity index (χ4n) is 3.23. The first-order chi connectivity index (χ1) is 11.7. The summed E-state index contributed by atoms with van der Waals surface area (Å²) in [6.45, 7) is 8.11. The fourth-order valence-corrected chi connectivity index (χ4v) is 3.51. The molecule has 130 valence electrons. The number of aromatic nitrogens is 3. The Hall–Kier alpha value is -1.86. The van der Waals surface area contributed by atoms with E-state index in [-0.39, 0.29) is 0 Å². The molecule has 2 aromatic rings. The summed E-state index contributed by atoms with van der Waals surface area (Å²) in [6.07, 6.45) is 0.926. The van der Waals surface area contributed by atoms with E-state index >= 15 is 0 Å². The van der Waals surface area contributed by atoms with E-state index in [0.29, 0.717) is 4.77 Å². The number of hydrogen-bond donors (Lipinski definition) is 1. The fraction of sp³-hybridized carbons (Fsp3) is 0.529.